The maximum Gasteiger partial charge on any atom is 0.314 e. The summed E-state index contributed by atoms with van der Waals surface area (Å²) in [6.45, 7) is 4.32. The lowest BCUT2D eigenvalue weighted by Gasteiger charge is -2.42. The van der Waals surface area contributed by atoms with Crippen LogP contribution in [0.5, 0.6) is 0 Å². The third-order valence-electron chi connectivity index (χ3n) is 5.12. The zero-order valence-corrected chi connectivity index (χ0v) is 17.4. The zero-order valence-electron chi connectivity index (χ0n) is 15.1. The van der Waals surface area contributed by atoms with Crippen molar-refractivity contribution in [1.29, 1.82) is 0 Å². The Morgan fingerprint density at radius 3 is 2.41 bits per heavy atom. The highest BCUT2D eigenvalue weighted by molar-refractivity contribution is 6.42. The number of nitrogens with zero attached hydrogens (tertiary/aromatic N) is 3. The molecule has 0 aliphatic carbocycles. The van der Waals surface area contributed by atoms with Gasteiger partial charge in [0.2, 0.25) is 5.91 Å². The molecule has 1 atom stereocenters. The minimum atomic E-state index is -0.423. The van der Waals surface area contributed by atoms with Crippen LogP contribution in [0.2, 0.25) is 10.0 Å². The van der Waals surface area contributed by atoms with Gasteiger partial charge in [-0.25, -0.2) is 4.79 Å². The van der Waals surface area contributed by atoms with Gasteiger partial charge < -0.3 is 20.4 Å². The Kier molecular flexibility index (Phi) is 8.04. The molecule has 2 saturated heterocycles. The number of carbonyl (C=O) groups is 2. The Hall–Kier alpha value is -1.21. The van der Waals surface area contributed by atoms with Crippen molar-refractivity contribution < 1.29 is 9.59 Å². The molecular formula is C18H25Cl3N4O2. The van der Waals surface area contributed by atoms with E-state index in [1.165, 1.54) is 12.8 Å². The van der Waals surface area contributed by atoms with Gasteiger partial charge in [0.15, 0.2) is 0 Å². The highest BCUT2D eigenvalue weighted by Gasteiger charge is 2.33. The van der Waals surface area contributed by atoms with Crippen molar-refractivity contribution in [2.45, 2.75) is 25.3 Å². The highest BCUT2D eigenvalue weighted by Crippen LogP contribution is 2.23. The topological polar surface area (TPSA) is 69.9 Å². The fourth-order valence-corrected chi connectivity index (χ4v) is 4.05. The van der Waals surface area contributed by atoms with Crippen LogP contribution in [0, 0.1) is 0 Å². The summed E-state index contributed by atoms with van der Waals surface area (Å²) in [7, 11) is 0. The van der Waals surface area contributed by atoms with Crippen molar-refractivity contribution in [2.24, 2.45) is 5.73 Å². The van der Waals surface area contributed by atoms with Gasteiger partial charge in [-0.15, -0.1) is 12.4 Å². The molecule has 1 aromatic rings. The molecule has 0 radical (unpaired) electrons. The van der Waals surface area contributed by atoms with E-state index in [4.69, 9.17) is 28.9 Å². The van der Waals surface area contributed by atoms with E-state index in [0.717, 1.165) is 25.2 Å². The molecule has 0 unspecified atom stereocenters. The molecule has 1 aromatic carbocycles. The van der Waals surface area contributed by atoms with E-state index < -0.39 is 6.03 Å². The standard InChI is InChI=1S/C18H24Cl2N4O2.ClH/c19-15-4-3-13(9-16(15)20)10-17(25)24-8-7-23(18(21)26)12-14(24)11-22-5-1-2-6-22;/h3-4,9,14H,1-2,5-8,10-12H2,(H2,21,26);1H/t14-;/m1./s1. The van der Waals surface area contributed by atoms with E-state index in [1.54, 1.807) is 17.0 Å². The maximum absolute atomic E-state index is 12.9. The van der Waals surface area contributed by atoms with Gasteiger partial charge in [0.1, 0.15) is 0 Å². The second-order valence-electron chi connectivity index (χ2n) is 6.96. The second kappa shape index (κ2) is 9.82. The van der Waals surface area contributed by atoms with Gasteiger partial charge in [0.25, 0.3) is 0 Å². The summed E-state index contributed by atoms with van der Waals surface area (Å²) in [4.78, 5) is 30.4. The molecule has 9 heteroatoms. The number of piperazine rings is 1. The molecule has 3 rings (SSSR count). The van der Waals surface area contributed by atoms with Gasteiger partial charge >= 0.3 is 6.03 Å². The van der Waals surface area contributed by atoms with Crippen molar-refractivity contribution in [3.05, 3.63) is 33.8 Å². The van der Waals surface area contributed by atoms with E-state index in [2.05, 4.69) is 4.90 Å². The minimum Gasteiger partial charge on any atom is -0.351 e. The third kappa shape index (κ3) is 5.64. The average Bonchev–Trinajstić information content (AvgIpc) is 3.11. The van der Waals surface area contributed by atoms with Crippen LogP contribution in [0.15, 0.2) is 18.2 Å². The number of amides is 3. The third-order valence-corrected chi connectivity index (χ3v) is 5.86. The number of carbonyl (C=O) groups excluding carboxylic acids is 2. The Morgan fingerprint density at radius 1 is 1.07 bits per heavy atom. The van der Waals surface area contributed by atoms with Crippen molar-refractivity contribution in [1.82, 2.24) is 14.7 Å². The van der Waals surface area contributed by atoms with Crippen LogP contribution >= 0.6 is 35.6 Å². The lowest BCUT2D eigenvalue weighted by molar-refractivity contribution is -0.135. The largest absolute Gasteiger partial charge is 0.351 e. The molecule has 6 nitrogen and oxygen atoms in total. The molecule has 0 saturated carbocycles. The number of hydrogen-bond acceptors (Lipinski definition) is 3. The summed E-state index contributed by atoms with van der Waals surface area (Å²) in [5, 5.41) is 0.925. The van der Waals surface area contributed by atoms with Gasteiger partial charge in [0.05, 0.1) is 22.5 Å². The number of benzene rings is 1. The van der Waals surface area contributed by atoms with Crippen molar-refractivity contribution in [3.63, 3.8) is 0 Å². The number of urea groups is 1. The number of likely N-dealkylation sites (tertiary alicyclic amines) is 1. The van der Waals surface area contributed by atoms with Crippen molar-refractivity contribution >= 4 is 47.5 Å². The smallest absolute Gasteiger partial charge is 0.314 e. The van der Waals surface area contributed by atoms with Crippen molar-refractivity contribution in [3.8, 4) is 0 Å². The van der Waals surface area contributed by atoms with E-state index in [1.807, 2.05) is 11.0 Å². The lowest BCUT2D eigenvalue weighted by Crippen LogP contribution is -2.60. The van der Waals surface area contributed by atoms with E-state index in [9.17, 15) is 9.59 Å². The van der Waals surface area contributed by atoms with Crippen LogP contribution in [-0.4, -0.2) is 71.9 Å². The molecule has 2 aliphatic rings. The molecule has 0 spiro atoms. The molecule has 3 amide bonds. The fraction of sp³-hybridized carbons (Fsp3) is 0.556. The Balaban J connectivity index is 0.00000261. The number of rotatable bonds is 4. The molecule has 0 aromatic heterocycles. The van der Waals surface area contributed by atoms with E-state index in [-0.39, 0.29) is 30.8 Å². The first-order valence-electron chi connectivity index (χ1n) is 8.94. The molecule has 2 fully saturated rings. The number of primary amides is 1. The van der Waals surface area contributed by atoms with Crippen LogP contribution in [0.1, 0.15) is 18.4 Å². The minimum absolute atomic E-state index is 0. The molecule has 0 bridgehead atoms. The maximum atomic E-state index is 12.9. The van der Waals surface area contributed by atoms with E-state index >= 15 is 0 Å². The number of halogens is 3. The summed E-state index contributed by atoms with van der Waals surface area (Å²) in [6.07, 6.45) is 2.64. The molecule has 27 heavy (non-hydrogen) atoms. The summed E-state index contributed by atoms with van der Waals surface area (Å²) < 4.78 is 0. The molecule has 2 N–H and O–H groups in total. The van der Waals surface area contributed by atoms with Crippen LogP contribution in [-0.2, 0) is 11.2 Å². The zero-order chi connectivity index (χ0) is 18.7. The molecular weight excluding hydrogens is 411 g/mol. The van der Waals surface area contributed by atoms with E-state index in [0.29, 0.717) is 29.7 Å². The first kappa shape index (κ1) is 22.1. The summed E-state index contributed by atoms with van der Waals surface area (Å²) in [5.74, 6) is 0.0386. The predicted molar refractivity (Wildman–Crippen MR) is 110 cm³/mol. The van der Waals surface area contributed by atoms with Crippen molar-refractivity contribution in [2.75, 3.05) is 39.3 Å². The SMILES string of the molecule is Cl.NC(=O)N1CCN(C(=O)Cc2ccc(Cl)c(Cl)c2)[C@H](CN2CCCC2)C1. The lowest BCUT2D eigenvalue weighted by atomic mass is 10.1. The second-order valence-corrected chi connectivity index (χ2v) is 7.77. The van der Waals surface area contributed by atoms with Gasteiger partial charge in [-0.1, -0.05) is 29.3 Å². The van der Waals surface area contributed by atoms with Crippen LogP contribution in [0.4, 0.5) is 4.79 Å². The molecule has 2 heterocycles. The number of nitrogens with two attached hydrogens (primary N) is 1. The first-order chi connectivity index (χ1) is 12.4. The van der Waals surface area contributed by atoms with Gasteiger partial charge in [-0.3, -0.25) is 4.79 Å². The van der Waals surface area contributed by atoms with Crippen LogP contribution < -0.4 is 5.73 Å². The van der Waals surface area contributed by atoms with Crippen LogP contribution in [0.25, 0.3) is 0 Å². The number of hydrogen-bond donors (Lipinski definition) is 1. The highest BCUT2D eigenvalue weighted by atomic mass is 35.5. The van der Waals surface area contributed by atoms with Gasteiger partial charge in [-0.05, 0) is 43.6 Å². The molecule has 150 valence electrons. The summed E-state index contributed by atoms with van der Waals surface area (Å²) in [6, 6.07) is 4.80. The summed E-state index contributed by atoms with van der Waals surface area (Å²) >= 11 is 12.0. The first-order valence-corrected chi connectivity index (χ1v) is 9.70. The predicted octanol–water partition coefficient (Wildman–Crippen LogP) is 2.65. The van der Waals surface area contributed by atoms with Gasteiger partial charge in [-0.2, -0.15) is 0 Å². The molecule has 2 aliphatic heterocycles. The fourth-order valence-electron chi connectivity index (χ4n) is 3.73. The Bertz CT molecular complexity index is 683. The Morgan fingerprint density at radius 2 is 1.78 bits per heavy atom. The Labute approximate surface area is 176 Å². The quantitative estimate of drug-likeness (QED) is 0.790. The normalized spacial score (nSPS) is 20.4. The van der Waals surface area contributed by atoms with Gasteiger partial charge in [0, 0.05) is 26.2 Å². The average molecular weight is 436 g/mol. The van der Waals surface area contributed by atoms with Crippen LogP contribution in [0.3, 0.4) is 0 Å². The summed E-state index contributed by atoms with van der Waals surface area (Å²) in [5.41, 5.74) is 6.29. The monoisotopic (exact) mass is 434 g/mol.